The van der Waals surface area contributed by atoms with E-state index in [0.29, 0.717) is 15.2 Å². The molecule has 0 atom stereocenters. The summed E-state index contributed by atoms with van der Waals surface area (Å²) in [6.45, 7) is -0.154. The number of rotatable bonds is 6. The van der Waals surface area contributed by atoms with Gasteiger partial charge in [0.1, 0.15) is 0 Å². The highest BCUT2D eigenvalue weighted by atomic mass is 79.9. The second-order valence-electron chi connectivity index (χ2n) is 4.80. The van der Waals surface area contributed by atoms with Gasteiger partial charge in [-0.25, -0.2) is 4.39 Å². The molecule has 0 saturated heterocycles. The van der Waals surface area contributed by atoms with Gasteiger partial charge >= 0.3 is 0 Å². The standard InChI is InChI=1S/C17H13BrClFN2O2/c18-12-5-6-16(15(20)9-12)24-11-17(23)22(8-2-7-21)14-4-1-3-13(19)10-14/h1,3-6,9-10H,2,8,11H2. The molecule has 2 rings (SSSR count). The van der Waals surface area contributed by atoms with Gasteiger partial charge in [-0.3, -0.25) is 4.79 Å². The Kier molecular flexibility index (Phi) is 6.59. The maximum absolute atomic E-state index is 13.7. The summed E-state index contributed by atoms with van der Waals surface area (Å²) in [5, 5.41) is 9.24. The van der Waals surface area contributed by atoms with Crippen molar-refractivity contribution in [2.45, 2.75) is 6.42 Å². The van der Waals surface area contributed by atoms with E-state index in [1.807, 2.05) is 6.07 Å². The number of carbonyl (C=O) groups is 1. The van der Waals surface area contributed by atoms with Crippen molar-refractivity contribution in [2.24, 2.45) is 0 Å². The summed E-state index contributed by atoms with van der Waals surface area (Å²) in [7, 11) is 0. The van der Waals surface area contributed by atoms with Crippen molar-refractivity contribution < 1.29 is 13.9 Å². The third-order valence-corrected chi connectivity index (χ3v) is 3.84. The Hall–Kier alpha value is -2.10. The van der Waals surface area contributed by atoms with Crippen molar-refractivity contribution in [3.63, 3.8) is 0 Å². The number of ether oxygens (including phenoxy) is 1. The fraction of sp³-hybridized carbons (Fsp3) is 0.176. The van der Waals surface area contributed by atoms with E-state index in [2.05, 4.69) is 15.9 Å². The zero-order chi connectivity index (χ0) is 17.5. The lowest BCUT2D eigenvalue weighted by Gasteiger charge is -2.22. The number of carbonyl (C=O) groups excluding carboxylic acids is 1. The van der Waals surface area contributed by atoms with Crippen LogP contribution in [0, 0.1) is 17.1 Å². The van der Waals surface area contributed by atoms with Gasteiger partial charge in [0.15, 0.2) is 18.2 Å². The first-order valence-corrected chi connectivity index (χ1v) is 8.19. The predicted octanol–water partition coefficient (Wildman–Crippen LogP) is 4.57. The van der Waals surface area contributed by atoms with Crippen LogP contribution in [0.1, 0.15) is 6.42 Å². The van der Waals surface area contributed by atoms with E-state index in [-0.39, 0.29) is 25.3 Å². The van der Waals surface area contributed by atoms with Gasteiger partial charge in [-0.1, -0.05) is 33.6 Å². The molecule has 24 heavy (non-hydrogen) atoms. The molecule has 0 aliphatic heterocycles. The van der Waals surface area contributed by atoms with Gasteiger partial charge in [0, 0.05) is 21.7 Å². The molecule has 1 amide bonds. The zero-order valence-corrected chi connectivity index (χ0v) is 14.8. The normalized spacial score (nSPS) is 10.1. The quantitative estimate of drug-likeness (QED) is 0.700. The minimum atomic E-state index is -0.566. The SMILES string of the molecule is N#CCCN(C(=O)COc1ccc(Br)cc1F)c1cccc(Cl)c1. The molecular weight excluding hydrogens is 399 g/mol. The van der Waals surface area contributed by atoms with E-state index >= 15 is 0 Å². The van der Waals surface area contributed by atoms with Crippen LogP contribution < -0.4 is 9.64 Å². The highest BCUT2D eigenvalue weighted by Gasteiger charge is 2.17. The first kappa shape index (κ1) is 18.2. The number of hydrogen-bond donors (Lipinski definition) is 0. The van der Waals surface area contributed by atoms with Crippen molar-refractivity contribution >= 4 is 39.1 Å². The number of nitrogens with zero attached hydrogens (tertiary/aromatic N) is 2. The van der Waals surface area contributed by atoms with E-state index < -0.39 is 11.7 Å². The summed E-state index contributed by atoms with van der Waals surface area (Å²) in [4.78, 5) is 13.8. The lowest BCUT2D eigenvalue weighted by atomic mass is 10.2. The van der Waals surface area contributed by atoms with Gasteiger partial charge in [0.2, 0.25) is 0 Å². The summed E-state index contributed by atoms with van der Waals surface area (Å²) in [5.74, 6) is -0.976. The fourth-order valence-electron chi connectivity index (χ4n) is 2.01. The molecule has 7 heteroatoms. The number of amides is 1. The van der Waals surface area contributed by atoms with E-state index in [0.717, 1.165) is 0 Å². The number of anilines is 1. The van der Waals surface area contributed by atoms with Crippen LogP contribution >= 0.6 is 27.5 Å². The van der Waals surface area contributed by atoms with Crippen molar-refractivity contribution in [3.05, 3.63) is 57.8 Å². The third-order valence-electron chi connectivity index (χ3n) is 3.11. The Bertz CT molecular complexity index is 779. The number of hydrogen-bond acceptors (Lipinski definition) is 3. The highest BCUT2D eigenvalue weighted by molar-refractivity contribution is 9.10. The van der Waals surface area contributed by atoms with Gasteiger partial charge in [-0.2, -0.15) is 5.26 Å². The molecule has 0 bridgehead atoms. The smallest absolute Gasteiger partial charge is 0.264 e. The molecule has 0 saturated carbocycles. The maximum Gasteiger partial charge on any atom is 0.264 e. The molecule has 0 fully saturated rings. The highest BCUT2D eigenvalue weighted by Crippen LogP contribution is 2.23. The van der Waals surface area contributed by atoms with Crippen molar-refractivity contribution in [1.82, 2.24) is 0 Å². The molecule has 2 aromatic carbocycles. The van der Waals surface area contributed by atoms with Gasteiger partial charge < -0.3 is 9.64 Å². The molecule has 0 unspecified atom stereocenters. The molecule has 0 N–H and O–H groups in total. The van der Waals surface area contributed by atoms with Crippen molar-refractivity contribution in [2.75, 3.05) is 18.1 Å². The van der Waals surface area contributed by atoms with Crippen molar-refractivity contribution in [1.29, 1.82) is 5.26 Å². The van der Waals surface area contributed by atoms with E-state index in [4.69, 9.17) is 21.6 Å². The van der Waals surface area contributed by atoms with Gasteiger partial charge in [0.05, 0.1) is 12.5 Å². The zero-order valence-electron chi connectivity index (χ0n) is 12.5. The van der Waals surface area contributed by atoms with Gasteiger partial charge in [-0.15, -0.1) is 0 Å². The lowest BCUT2D eigenvalue weighted by molar-refractivity contribution is -0.120. The Morgan fingerprint density at radius 2 is 2.12 bits per heavy atom. The Morgan fingerprint density at radius 1 is 1.33 bits per heavy atom. The van der Waals surface area contributed by atoms with E-state index in [9.17, 15) is 9.18 Å². The number of benzene rings is 2. The monoisotopic (exact) mass is 410 g/mol. The average Bonchev–Trinajstić information content (AvgIpc) is 2.54. The van der Waals surface area contributed by atoms with Crippen LogP contribution in [0.15, 0.2) is 46.9 Å². The lowest BCUT2D eigenvalue weighted by Crippen LogP contribution is -2.35. The Morgan fingerprint density at radius 3 is 2.79 bits per heavy atom. The van der Waals surface area contributed by atoms with E-state index in [1.54, 1.807) is 30.3 Å². The molecule has 124 valence electrons. The Balaban J connectivity index is 2.11. The minimum absolute atomic E-state index is 0.0159. The number of nitriles is 1. The largest absolute Gasteiger partial charge is 0.481 e. The topological polar surface area (TPSA) is 53.3 Å². The van der Waals surface area contributed by atoms with Crippen LogP contribution in [0.3, 0.4) is 0 Å². The molecule has 0 radical (unpaired) electrons. The van der Waals surface area contributed by atoms with Gasteiger partial charge in [0.25, 0.3) is 5.91 Å². The van der Waals surface area contributed by atoms with Crippen LogP contribution in [-0.4, -0.2) is 19.1 Å². The van der Waals surface area contributed by atoms with E-state index in [1.165, 1.54) is 17.0 Å². The number of halogens is 3. The summed E-state index contributed by atoms with van der Waals surface area (Å²) >= 11 is 9.10. The molecule has 2 aromatic rings. The summed E-state index contributed by atoms with van der Waals surface area (Å²) in [6, 6.07) is 13.0. The second kappa shape index (κ2) is 8.67. The van der Waals surface area contributed by atoms with Gasteiger partial charge in [-0.05, 0) is 36.4 Å². The molecule has 0 aliphatic rings. The third kappa shape index (κ3) is 4.95. The molecular formula is C17H13BrClFN2O2. The van der Waals surface area contributed by atoms with Crippen molar-refractivity contribution in [3.8, 4) is 11.8 Å². The van der Waals surface area contributed by atoms with Crippen LogP contribution in [0.25, 0.3) is 0 Å². The molecule has 0 aromatic heterocycles. The average molecular weight is 412 g/mol. The molecule has 0 heterocycles. The summed E-state index contributed by atoms with van der Waals surface area (Å²) in [5.41, 5.74) is 0.558. The maximum atomic E-state index is 13.7. The van der Waals surface area contributed by atoms with Crippen LogP contribution in [0.2, 0.25) is 5.02 Å². The van der Waals surface area contributed by atoms with Crippen LogP contribution in [0.4, 0.5) is 10.1 Å². The summed E-state index contributed by atoms with van der Waals surface area (Å²) in [6.07, 6.45) is 0.158. The second-order valence-corrected chi connectivity index (χ2v) is 6.15. The predicted molar refractivity (Wildman–Crippen MR) is 93.6 cm³/mol. The fourth-order valence-corrected chi connectivity index (χ4v) is 2.53. The molecule has 0 spiro atoms. The Labute approximate surface area is 152 Å². The minimum Gasteiger partial charge on any atom is -0.481 e. The first-order valence-electron chi connectivity index (χ1n) is 7.02. The molecule has 4 nitrogen and oxygen atoms in total. The van der Waals surface area contributed by atoms with Crippen LogP contribution in [-0.2, 0) is 4.79 Å². The van der Waals surface area contributed by atoms with Crippen LogP contribution in [0.5, 0.6) is 5.75 Å². The molecule has 0 aliphatic carbocycles. The first-order chi connectivity index (χ1) is 11.5. The summed E-state index contributed by atoms with van der Waals surface area (Å²) < 4.78 is 19.6.